The second-order valence-electron chi connectivity index (χ2n) is 6.63. The van der Waals surface area contributed by atoms with E-state index in [-0.39, 0.29) is 5.91 Å². The van der Waals surface area contributed by atoms with Gasteiger partial charge in [0, 0.05) is 18.7 Å². The van der Waals surface area contributed by atoms with Crippen LogP contribution in [0.15, 0.2) is 24.3 Å². The lowest BCUT2D eigenvalue weighted by atomic mass is 9.90. The van der Waals surface area contributed by atoms with Crippen LogP contribution in [-0.4, -0.2) is 35.3 Å². The SMILES string of the molecule is Cc1nn(CCNC(=O)c2cccc([C@H]3CCCNC3)c2)c(C)c1Cl. The summed E-state index contributed by atoms with van der Waals surface area (Å²) in [5, 5.41) is 11.5. The molecule has 1 aliphatic heterocycles. The van der Waals surface area contributed by atoms with Crippen molar-refractivity contribution in [3.63, 3.8) is 0 Å². The van der Waals surface area contributed by atoms with E-state index in [1.807, 2.05) is 36.7 Å². The van der Waals surface area contributed by atoms with E-state index in [0.29, 0.717) is 24.0 Å². The van der Waals surface area contributed by atoms with E-state index in [0.717, 1.165) is 30.0 Å². The maximum atomic E-state index is 12.4. The molecule has 5 nitrogen and oxygen atoms in total. The molecule has 0 radical (unpaired) electrons. The second kappa shape index (κ2) is 8.02. The van der Waals surface area contributed by atoms with Crippen LogP contribution in [0.1, 0.15) is 46.1 Å². The fraction of sp³-hybridized carbons (Fsp3) is 0.474. The molecule has 1 aromatic heterocycles. The minimum absolute atomic E-state index is 0.0433. The average Bonchev–Trinajstić information content (AvgIpc) is 2.89. The van der Waals surface area contributed by atoms with Crippen molar-refractivity contribution in [2.75, 3.05) is 19.6 Å². The first-order valence-electron chi connectivity index (χ1n) is 8.84. The van der Waals surface area contributed by atoms with Crippen molar-refractivity contribution in [3.05, 3.63) is 51.8 Å². The summed E-state index contributed by atoms with van der Waals surface area (Å²) in [4.78, 5) is 12.4. The van der Waals surface area contributed by atoms with Gasteiger partial charge in [0.15, 0.2) is 0 Å². The molecule has 1 saturated heterocycles. The van der Waals surface area contributed by atoms with Crippen molar-refractivity contribution in [3.8, 4) is 0 Å². The summed E-state index contributed by atoms with van der Waals surface area (Å²) in [6.45, 7) is 7.03. The number of carbonyl (C=O) groups excluding carboxylic acids is 1. The van der Waals surface area contributed by atoms with Crippen molar-refractivity contribution >= 4 is 17.5 Å². The molecule has 1 atom stereocenters. The molecule has 2 N–H and O–H groups in total. The van der Waals surface area contributed by atoms with Gasteiger partial charge < -0.3 is 10.6 Å². The van der Waals surface area contributed by atoms with Gasteiger partial charge in [-0.15, -0.1) is 0 Å². The lowest BCUT2D eigenvalue weighted by Gasteiger charge is -2.23. The Labute approximate surface area is 153 Å². The van der Waals surface area contributed by atoms with Gasteiger partial charge in [-0.05, 0) is 56.8 Å². The first-order chi connectivity index (χ1) is 12.1. The molecule has 0 spiro atoms. The first-order valence-corrected chi connectivity index (χ1v) is 9.22. The number of piperidine rings is 1. The molecular weight excluding hydrogens is 336 g/mol. The van der Waals surface area contributed by atoms with Crippen LogP contribution in [0.3, 0.4) is 0 Å². The molecule has 1 fully saturated rings. The molecule has 1 aliphatic rings. The fourth-order valence-corrected chi connectivity index (χ4v) is 3.48. The molecule has 1 amide bonds. The van der Waals surface area contributed by atoms with E-state index in [1.54, 1.807) is 0 Å². The van der Waals surface area contributed by atoms with E-state index in [4.69, 9.17) is 11.6 Å². The standard InChI is InChI=1S/C19H25ClN4O/c1-13-18(20)14(2)24(23-13)10-9-22-19(25)16-6-3-5-15(11-16)17-7-4-8-21-12-17/h3,5-6,11,17,21H,4,7-10,12H2,1-2H3,(H,22,25)/t17-/m0/s1. The Bertz CT molecular complexity index is 750. The maximum absolute atomic E-state index is 12.4. The van der Waals surface area contributed by atoms with Gasteiger partial charge in [-0.25, -0.2) is 0 Å². The van der Waals surface area contributed by atoms with Gasteiger partial charge in [-0.2, -0.15) is 5.10 Å². The molecule has 0 bridgehead atoms. The van der Waals surface area contributed by atoms with Crippen LogP contribution in [0, 0.1) is 13.8 Å². The van der Waals surface area contributed by atoms with E-state index >= 15 is 0 Å². The summed E-state index contributed by atoms with van der Waals surface area (Å²) in [7, 11) is 0. The van der Waals surface area contributed by atoms with Crippen molar-refractivity contribution in [1.82, 2.24) is 20.4 Å². The topological polar surface area (TPSA) is 59.0 Å². The molecule has 6 heteroatoms. The Morgan fingerprint density at radius 2 is 2.28 bits per heavy atom. The van der Waals surface area contributed by atoms with Gasteiger partial charge in [-0.3, -0.25) is 9.48 Å². The van der Waals surface area contributed by atoms with E-state index in [1.165, 1.54) is 18.4 Å². The fourth-order valence-electron chi connectivity index (χ4n) is 3.34. The predicted molar refractivity (Wildman–Crippen MR) is 100 cm³/mol. The van der Waals surface area contributed by atoms with Crippen molar-refractivity contribution < 1.29 is 4.79 Å². The van der Waals surface area contributed by atoms with E-state index in [2.05, 4.69) is 21.8 Å². The summed E-state index contributed by atoms with van der Waals surface area (Å²) in [5.41, 5.74) is 3.71. The summed E-state index contributed by atoms with van der Waals surface area (Å²) in [6.07, 6.45) is 2.36. The van der Waals surface area contributed by atoms with Crippen LogP contribution >= 0.6 is 11.6 Å². The summed E-state index contributed by atoms with van der Waals surface area (Å²) >= 11 is 6.15. The summed E-state index contributed by atoms with van der Waals surface area (Å²) < 4.78 is 1.84. The van der Waals surface area contributed by atoms with E-state index < -0.39 is 0 Å². The number of aryl methyl sites for hydroxylation is 1. The Kier molecular flexibility index (Phi) is 5.76. The Balaban J connectivity index is 1.58. The molecule has 25 heavy (non-hydrogen) atoms. The van der Waals surface area contributed by atoms with Crippen LogP contribution in [0.25, 0.3) is 0 Å². The zero-order valence-electron chi connectivity index (χ0n) is 14.8. The third kappa shape index (κ3) is 4.22. The molecule has 0 saturated carbocycles. The first kappa shape index (κ1) is 18.0. The van der Waals surface area contributed by atoms with Crippen molar-refractivity contribution in [2.45, 2.75) is 39.2 Å². The zero-order valence-corrected chi connectivity index (χ0v) is 15.6. The van der Waals surface area contributed by atoms with Crippen molar-refractivity contribution in [1.29, 1.82) is 0 Å². The van der Waals surface area contributed by atoms with Gasteiger partial charge in [-0.1, -0.05) is 23.7 Å². The number of benzene rings is 1. The molecular formula is C19H25ClN4O. The van der Waals surface area contributed by atoms with E-state index in [9.17, 15) is 4.79 Å². The molecule has 0 aliphatic carbocycles. The minimum Gasteiger partial charge on any atom is -0.350 e. The minimum atomic E-state index is -0.0433. The number of nitrogens with zero attached hydrogens (tertiary/aromatic N) is 2. The van der Waals surface area contributed by atoms with Crippen LogP contribution in [0.4, 0.5) is 0 Å². The third-order valence-electron chi connectivity index (χ3n) is 4.82. The highest BCUT2D eigenvalue weighted by Gasteiger charge is 2.16. The van der Waals surface area contributed by atoms with Gasteiger partial charge in [0.25, 0.3) is 5.91 Å². The number of amides is 1. The van der Waals surface area contributed by atoms with Crippen LogP contribution < -0.4 is 10.6 Å². The van der Waals surface area contributed by atoms with Crippen molar-refractivity contribution in [2.24, 2.45) is 0 Å². The Morgan fingerprint density at radius 3 is 2.96 bits per heavy atom. The highest BCUT2D eigenvalue weighted by Crippen LogP contribution is 2.24. The normalized spacial score (nSPS) is 17.5. The summed E-state index contributed by atoms with van der Waals surface area (Å²) in [6, 6.07) is 7.98. The van der Waals surface area contributed by atoms with Gasteiger partial charge in [0.1, 0.15) is 0 Å². The lowest BCUT2D eigenvalue weighted by molar-refractivity contribution is 0.0951. The number of halogens is 1. The highest BCUT2D eigenvalue weighted by molar-refractivity contribution is 6.31. The number of nitrogens with one attached hydrogen (secondary N) is 2. The number of hydrogen-bond donors (Lipinski definition) is 2. The predicted octanol–water partition coefficient (Wildman–Crippen LogP) is 3.05. The number of hydrogen-bond acceptors (Lipinski definition) is 3. The molecule has 2 aromatic rings. The second-order valence-corrected chi connectivity index (χ2v) is 7.01. The molecule has 3 rings (SSSR count). The van der Waals surface area contributed by atoms with Crippen LogP contribution in [-0.2, 0) is 6.54 Å². The molecule has 1 aromatic carbocycles. The molecule has 0 unspecified atom stereocenters. The molecule has 2 heterocycles. The zero-order chi connectivity index (χ0) is 17.8. The van der Waals surface area contributed by atoms with Gasteiger partial charge in [0.05, 0.1) is 23.0 Å². The number of rotatable bonds is 5. The average molecular weight is 361 g/mol. The lowest BCUT2D eigenvalue weighted by Crippen LogP contribution is -2.29. The van der Waals surface area contributed by atoms with Crippen LogP contribution in [0.5, 0.6) is 0 Å². The van der Waals surface area contributed by atoms with Crippen LogP contribution in [0.2, 0.25) is 5.02 Å². The highest BCUT2D eigenvalue weighted by atomic mass is 35.5. The van der Waals surface area contributed by atoms with Gasteiger partial charge >= 0.3 is 0 Å². The third-order valence-corrected chi connectivity index (χ3v) is 5.37. The monoisotopic (exact) mass is 360 g/mol. The summed E-state index contributed by atoms with van der Waals surface area (Å²) in [5.74, 6) is 0.455. The largest absolute Gasteiger partial charge is 0.350 e. The Hall–Kier alpha value is -1.85. The molecule has 134 valence electrons. The smallest absolute Gasteiger partial charge is 0.251 e. The maximum Gasteiger partial charge on any atom is 0.251 e. The number of aromatic nitrogens is 2. The number of carbonyl (C=O) groups is 1. The Morgan fingerprint density at radius 1 is 1.44 bits per heavy atom. The quantitative estimate of drug-likeness (QED) is 0.861. The van der Waals surface area contributed by atoms with Gasteiger partial charge in [0.2, 0.25) is 0 Å².